The van der Waals surface area contributed by atoms with Gasteiger partial charge in [0.25, 0.3) is 5.91 Å². The van der Waals surface area contributed by atoms with Crippen LogP contribution < -0.4 is 5.32 Å². The minimum atomic E-state index is -0.388. The van der Waals surface area contributed by atoms with Gasteiger partial charge in [-0.05, 0) is 49.3 Å². The Morgan fingerprint density at radius 1 is 1.04 bits per heavy atom. The molecule has 0 spiro atoms. The first-order valence-electron chi connectivity index (χ1n) is 8.69. The van der Waals surface area contributed by atoms with Gasteiger partial charge in [0.05, 0.1) is 0 Å². The van der Waals surface area contributed by atoms with Crippen LogP contribution in [0.25, 0.3) is 0 Å². The number of benzene rings is 1. The second-order valence-electron chi connectivity index (χ2n) is 7.32. The number of fused-ring (bicyclic) bond motifs is 2. The monoisotopic (exact) mass is 331 g/mol. The highest BCUT2D eigenvalue weighted by atomic mass is 19.1. The van der Waals surface area contributed by atoms with Crippen LogP contribution in [0.15, 0.2) is 24.3 Å². The predicted molar refractivity (Wildman–Crippen MR) is 87.0 cm³/mol. The van der Waals surface area contributed by atoms with E-state index >= 15 is 0 Å². The van der Waals surface area contributed by atoms with E-state index in [2.05, 4.69) is 5.32 Å². The van der Waals surface area contributed by atoms with Gasteiger partial charge in [-0.2, -0.15) is 0 Å². The van der Waals surface area contributed by atoms with E-state index in [0.29, 0.717) is 49.6 Å². The van der Waals surface area contributed by atoms with Crippen molar-refractivity contribution in [2.45, 2.75) is 25.3 Å². The number of halogens is 1. The molecule has 2 saturated heterocycles. The Kier molecular flexibility index (Phi) is 3.90. The van der Waals surface area contributed by atoms with Gasteiger partial charge in [-0.3, -0.25) is 4.79 Å². The molecular formula is C18H22FN3O2. The number of piperidine rings is 2. The summed E-state index contributed by atoms with van der Waals surface area (Å²) in [6.45, 7) is 2.67. The number of carbonyl (C=O) groups is 2. The molecule has 2 aliphatic heterocycles. The second-order valence-corrected chi connectivity index (χ2v) is 7.32. The Hall–Kier alpha value is -2.11. The molecule has 3 aliphatic rings. The third kappa shape index (κ3) is 3.23. The zero-order chi connectivity index (χ0) is 16.7. The summed E-state index contributed by atoms with van der Waals surface area (Å²) in [5.74, 6) is 0.112. The third-order valence-electron chi connectivity index (χ3n) is 5.13. The van der Waals surface area contributed by atoms with Crippen molar-refractivity contribution in [2.75, 3.05) is 26.2 Å². The number of nitrogens with zero attached hydrogens (tertiary/aromatic N) is 2. The van der Waals surface area contributed by atoms with Gasteiger partial charge in [0.1, 0.15) is 5.82 Å². The van der Waals surface area contributed by atoms with Crippen LogP contribution in [0.2, 0.25) is 0 Å². The third-order valence-corrected chi connectivity index (χ3v) is 5.13. The number of carbonyl (C=O) groups excluding carboxylic acids is 2. The van der Waals surface area contributed by atoms with E-state index in [1.807, 2.05) is 9.80 Å². The topological polar surface area (TPSA) is 52.7 Å². The quantitative estimate of drug-likeness (QED) is 0.902. The molecule has 2 heterocycles. The number of nitrogens with one attached hydrogen (secondary N) is 1. The van der Waals surface area contributed by atoms with E-state index in [-0.39, 0.29) is 17.8 Å². The lowest BCUT2D eigenvalue weighted by molar-refractivity contribution is 0.0356. The number of urea groups is 1. The maximum atomic E-state index is 13.4. The largest absolute Gasteiger partial charge is 0.338 e. The molecule has 0 radical (unpaired) electrons. The molecule has 1 N–H and O–H groups in total. The van der Waals surface area contributed by atoms with E-state index in [9.17, 15) is 14.0 Å². The van der Waals surface area contributed by atoms with Gasteiger partial charge in [0.2, 0.25) is 0 Å². The summed E-state index contributed by atoms with van der Waals surface area (Å²) in [7, 11) is 0. The molecule has 24 heavy (non-hydrogen) atoms. The number of likely N-dealkylation sites (tertiary alicyclic amines) is 2. The Morgan fingerprint density at radius 3 is 2.33 bits per heavy atom. The number of hydrogen-bond donors (Lipinski definition) is 1. The second kappa shape index (κ2) is 6.07. The summed E-state index contributed by atoms with van der Waals surface area (Å²) in [5, 5.41) is 3.04. The number of hydrogen-bond acceptors (Lipinski definition) is 2. The lowest BCUT2D eigenvalue weighted by Gasteiger charge is -2.45. The van der Waals surface area contributed by atoms with E-state index in [1.54, 1.807) is 12.1 Å². The molecule has 6 heteroatoms. The fraction of sp³-hybridized carbons (Fsp3) is 0.556. The number of amides is 3. The highest BCUT2D eigenvalue weighted by molar-refractivity contribution is 5.94. The van der Waals surface area contributed by atoms with E-state index in [0.717, 1.165) is 19.3 Å². The molecule has 2 unspecified atom stereocenters. The lowest BCUT2D eigenvalue weighted by atomic mass is 9.84. The minimum Gasteiger partial charge on any atom is -0.338 e. The van der Waals surface area contributed by atoms with Crippen molar-refractivity contribution in [3.63, 3.8) is 0 Å². The maximum absolute atomic E-state index is 13.4. The first-order chi connectivity index (χ1) is 11.6. The van der Waals surface area contributed by atoms with Gasteiger partial charge in [-0.25, -0.2) is 9.18 Å². The standard InChI is InChI=1S/C18H22FN3O2/c19-15-3-1-2-14(7-15)17(23)21-8-12-6-13(9-21)11-22(10-12)18(24)20-16-4-5-16/h1-3,7,12-13,16H,4-6,8-11H2,(H,20,24). The molecule has 3 fully saturated rings. The van der Waals surface area contributed by atoms with E-state index < -0.39 is 0 Å². The fourth-order valence-electron chi connectivity index (χ4n) is 3.91. The highest BCUT2D eigenvalue weighted by Gasteiger charge is 2.38. The Balaban J connectivity index is 1.40. The first kappa shape index (κ1) is 15.4. The van der Waals surface area contributed by atoms with Crippen molar-refractivity contribution in [1.29, 1.82) is 0 Å². The fourth-order valence-corrected chi connectivity index (χ4v) is 3.91. The highest BCUT2D eigenvalue weighted by Crippen LogP contribution is 2.30. The summed E-state index contributed by atoms with van der Waals surface area (Å²) in [6, 6.07) is 6.27. The Labute approximate surface area is 140 Å². The molecule has 5 nitrogen and oxygen atoms in total. The molecule has 0 aromatic heterocycles. The Morgan fingerprint density at radius 2 is 1.71 bits per heavy atom. The zero-order valence-electron chi connectivity index (χ0n) is 13.6. The van der Waals surface area contributed by atoms with Crippen LogP contribution in [0.3, 0.4) is 0 Å². The van der Waals surface area contributed by atoms with Crippen LogP contribution in [0.4, 0.5) is 9.18 Å². The molecule has 2 atom stereocenters. The van der Waals surface area contributed by atoms with Crippen molar-refractivity contribution in [3.05, 3.63) is 35.6 Å². The molecule has 4 rings (SSSR count). The van der Waals surface area contributed by atoms with Crippen molar-refractivity contribution >= 4 is 11.9 Å². The van der Waals surface area contributed by atoms with Crippen LogP contribution in [-0.2, 0) is 0 Å². The van der Waals surface area contributed by atoms with Gasteiger partial charge in [0.15, 0.2) is 0 Å². The van der Waals surface area contributed by atoms with Crippen molar-refractivity contribution in [3.8, 4) is 0 Å². The van der Waals surface area contributed by atoms with Crippen molar-refractivity contribution in [1.82, 2.24) is 15.1 Å². The van der Waals surface area contributed by atoms with Crippen molar-refractivity contribution in [2.24, 2.45) is 11.8 Å². The molecule has 3 amide bonds. The zero-order valence-corrected chi connectivity index (χ0v) is 13.6. The first-order valence-corrected chi connectivity index (χ1v) is 8.69. The number of rotatable bonds is 2. The van der Waals surface area contributed by atoms with Gasteiger partial charge >= 0.3 is 6.03 Å². The van der Waals surface area contributed by atoms with Gasteiger partial charge in [0, 0.05) is 37.8 Å². The molecule has 1 saturated carbocycles. The molecular weight excluding hydrogens is 309 g/mol. The van der Waals surface area contributed by atoms with Gasteiger partial charge in [-0.1, -0.05) is 6.07 Å². The lowest BCUT2D eigenvalue weighted by Crippen LogP contribution is -2.57. The van der Waals surface area contributed by atoms with Crippen LogP contribution >= 0.6 is 0 Å². The molecule has 1 aliphatic carbocycles. The average molecular weight is 331 g/mol. The van der Waals surface area contributed by atoms with Gasteiger partial charge < -0.3 is 15.1 Å². The van der Waals surface area contributed by atoms with E-state index in [1.165, 1.54) is 12.1 Å². The van der Waals surface area contributed by atoms with Crippen LogP contribution in [0, 0.1) is 17.7 Å². The predicted octanol–water partition coefficient (Wildman–Crippen LogP) is 2.09. The summed E-state index contributed by atoms with van der Waals surface area (Å²) < 4.78 is 13.4. The van der Waals surface area contributed by atoms with Crippen molar-refractivity contribution < 1.29 is 14.0 Å². The maximum Gasteiger partial charge on any atom is 0.317 e. The summed E-state index contributed by atoms with van der Waals surface area (Å²) in [4.78, 5) is 28.6. The summed E-state index contributed by atoms with van der Waals surface area (Å²) in [6.07, 6.45) is 3.23. The summed E-state index contributed by atoms with van der Waals surface area (Å²) in [5.41, 5.74) is 0.401. The van der Waals surface area contributed by atoms with Crippen LogP contribution in [0.1, 0.15) is 29.6 Å². The van der Waals surface area contributed by atoms with Crippen LogP contribution in [0.5, 0.6) is 0 Å². The molecule has 128 valence electrons. The van der Waals surface area contributed by atoms with E-state index in [4.69, 9.17) is 0 Å². The summed E-state index contributed by atoms with van der Waals surface area (Å²) >= 11 is 0. The minimum absolute atomic E-state index is 0.0390. The Bertz CT molecular complexity index is 647. The van der Waals surface area contributed by atoms with Crippen LogP contribution in [-0.4, -0.2) is 54.0 Å². The molecule has 1 aromatic rings. The molecule has 1 aromatic carbocycles. The normalized spacial score (nSPS) is 26.2. The smallest absolute Gasteiger partial charge is 0.317 e. The molecule has 2 bridgehead atoms. The van der Waals surface area contributed by atoms with Gasteiger partial charge in [-0.15, -0.1) is 0 Å². The SMILES string of the molecule is O=C(NC1CC1)N1CC2CC(C1)CN(C(=O)c1cccc(F)c1)C2. The average Bonchev–Trinajstić information content (AvgIpc) is 3.37.